The van der Waals surface area contributed by atoms with Crippen LogP contribution in [0.3, 0.4) is 0 Å². The van der Waals surface area contributed by atoms with Crippen LogP contribution in [0.1, 0.15) is 45.4 Å². The lowest BCUT2D eigenvalue weighted by atomic mass is 9.87. The van der Waals surface area contributed by atoms with Crippen molar-refractivity contribution in [2.75, 3.05) is 0 Å². The van der Waals surface area contributed by atoms with Crippen molar-refractivity contribution in [1.29, 1.82) is 0 Å². The number of carbonyl (C=O) groups is 4. The molecule has 1 saturated carbocycles. The molecule has 2 fully saturated rings. The van der Waals surface area contributed by atoms with Gasteiger partial charge in [-0.05, 0) is 32.1 Å². The number of ether oxygens (including phenoxy) is 2. The fourth-order valence-corrected chi connectivity index (χ4v) is 2.89. The van der Waals surface area contributed by atoms with Crippen molar-refractivity contribution in [3.63, 3.8) is 0 Å². The minimum Gasteiger partial charge on any atom is -0.393 e. The van der Waals surface area contributed by atoms with Crippen LogP contribution in [0.25, 0.3) is 0 Å². The van der Waals surface area contributed by atoms with Crippen molar-refractivity contribution < 1.29 is 28.7 Å². The maximum absolute atomic E-state index is 11.8. The van der Waals surface area contributed by atoms with Crippen LogP contribution in [0.4, 0.5) is 0 Å². The van der Waals surface area contributed by atoms with Crippen LogP contribution in [0.2, 0.25) is 0 Å². The van der Waals surface area contributed by atoms with E-state index in [1.165, 1.54) is 6.92 Å². The number of esters is 4. The Morgan fingerprint density at radius 1 is 1.05 bits per heavy atom. The molecule has 0 N–H and O–H groups in total. The molecule has 3 atom stereocenters. The number of fused-ring (bicyclic) bond motifs is 2. The Morgan fingerprint density at radius 3 is 2.35 bits per heavy atom. The van der Waals surface area contributed by atoms with Gasteiger partial charge in [0.05, 0.1) is 17.8 Å². The largest absolute Gasteiger partial charge is 0.393 e. The van der Waals surface area contributed by atoms with Gasteiger partial charge in [-0.15, -0.1) is 0 Å². The lowest BCUT2D eigenvalue weighted by Crippen LogP contribution is -2.34. The summed E-state index contributed by atoms with van der Waals surface area (Å²) in [6.07, 6.45) is 3.32. The molecule has 1 saturated heterocycles. The van der Waals surface area contributed by atoms with Crippen molar-refractivity contribution in [3.8, 4) is 0 Å². The summed E-state index contributed by atoms with van der Waals surface area (Å²) in [5.41, 5.74) is 0. The molecule has 1 aliphatic carbocycles. The van der Waals surface area contributed by atoms with Gasteiger partial charge in [-0.2, -0.15) is 0 Å². The first-order chi connectivity index (χ1) is 9.47. The average molecular weight is 282 g/mol. The zero-order valence-corrected chi connectivity index (χ0v) is 11.4. The third-order valence-electron chi connectivity index (χ3n) is 3.98. The van der Waals surface area contributed by atoms with E-state index in [-0.39, 0.29) is 17.8 Å². The van der Waals surface area contributed by atoms with Crippen molar-refractivity contribution in [3.05, 3.63) is 0 Å². The van der Waals surface area contributed by atoms with Gasteiger partial charge in [0, 0.05) is 6.92 Å². The minimum atomic E-state index is -0.622. The first kappa shape index (κ1) is 14.7. The van der Waals surface area contributed by atoms with Gasteiger partial charge < -0.3 is 9.47 Å². The Hall–Kier alpha value is -1.72. The molecular formula is C14H18O6. The van der Waals surface area contributed by atoms with E-state index in [4.69, 9.17) is 4.74 Å². The van der Waals surface area contributed by atoms with Crippen molar-refractivity contribution in [1.82, 2.24) is 0 Å². The van der Waals surface area contributed by atoms with Crippen LogP contribution in [0, 0.1) is 17.8 Å². The van der Waals surface area contributed by atoms with E-state index in [1.807, 2.05) is 0 Å². The topological polar surface area (TPSA) is 86.7 Å². The smallest absolute Gasteiger partial charge is 0.316 e. The van der Waals surface area contributed by atoms with Gasteiger partial charge in [0.2, 0.25) is 0 Å². The molecule has 2 aliphatic rings. The molecular weight excluding hydrogens is 264 g/mol. The van der Waals surface area contributed by atoms with Crippen molar-refractivity contribution in [2.24, 2.45) is 17.8 Å². The molecule has 6 heteroatoms. The summed E-state index contributed by atoms with van der Waals surface area (Å²) in [6.45, 7) is 1.19. The summed E-state index contributed by atoms with van der Waals surface area (Å²) in [4.78, 5) is 45.8. The monoisotopic (exact) mass is 282 g/mol. The van der Waals surface area contributed by atoms with E-state index >= 15 is 0 Å². The number of cyclic esters (lactones) is 2. The highest BCUT2D eigenvalue weighted by molar-refractivity contribution is 5.91. The Morgan fingerprint density at radius 2 is 1.70 bits per heavy atom. The van der Waals surface area contributed by atoms with Gasteiger partial charge in [-0.1, -0.05) is 6.42 Å². The SMILES string of the molecule is CC(=O)OC(=O)C1CCCC2CC(CC1)C(=O)OC2=O. The zero-order chi connectivity index (χ0) is 14.7. The highest BCUT2D eigenvalue weighted by atomic mass is 16.6. The van der Waals surface area contributed by atoms with Crippen molar-refractivity contribution >= 4 is 23.9 Å². The maximum atomic E-state index is 11.8. The Balaban J connectivity index is 2.04. The molecule has 0 spiro atoms. The third-order valence-corrected chi connectivity index (χ3v) is 3.98. The predicted octanol–water partition coefficient (Wildman–Crippen LogP) is 1.36. The first-order valence-electron chi connectivity index (χ1n) is 6.95. The predicted molar refractivity (Wildman–Crippen MR) is 66.0 cm³/mol. The van der Waals surface area contributed by atoms with Crippen LogP contribution < -0.4 is 0 Å². The summed E-state index contributed by atoms with van der Waals surface area (Å²) in [7, 11) is 0. The molecule has 2 bridgehead atoms. The summed E-state index contributed by atoms with van der Waals surface area (Å²) in [6, 6.07) is 0. The standard InChI is InChI=1S/C14H18O6/c1-8(15)19-12(16)9-3-2-4-10-7-11(6-5-9)14(18)20-13(10)17/h9-11H,2-7H2,1H3. The summed E-state index contributed by atoms with van der Waals surface area (Å²) in [5.74, 6) is -3.07. The summed E-state index contributed by atoms with van der Waals surface area (Å²) < 4.78 is 9.38. The number of hydrogen-bond donors (Lipinski definition) is 0. The number of carbonyl (C=O) groups excluding carboxylic acids is 4. The quantitative estimate of drug-likeness (QED) is 0.533. The second kappa shape index (κ2) is 6.15. The second-order valence-electron chi connectivity index (χ2n) is 5.49. The lowest BCUT2D eigenvalue weighted by Gasteiger charge is -2.25. The number of hydrogen-bond acceptors (Lipinski definition) is 6. The van der Waals surface area contributed by atoms with Gasteiger partial charge in [0.1, 0.15) is 0 Å². The van der Waals surface area contributed by atoms with Gasteiger partial charge >= 0.3 is 23.9 Å². The molecule has 6 nitrogen and oxygen atoms in total. The zero-order valence-electron chi connectivity index (χ0n) is 11.4. The summed E-state index contributed by atoms with van der Waals surface area (Å²) >= 11 is 0. The van der Waals surface area contributed by atoms with Crippen LogP contribution in [-0.2, 0) is 28.7 Å². The van der Waals surface area contributed by atoms with Crippen LogP contribution in [0.5, 0.6) is 0 Å². The molecule has 0 aromatic carbocycles. The van der Waals surface area contributed by atoms with Gasteiger partial charge in [0.25, 0.3) is 0 Å². The molecule has 0 radical (unpaired) electrons. The molecule has 1 heterocycles. The fraction of sp³-hybridized carbons (Fsp3) is 0.714. The molecule has 110 valence electrons. The average Bonchev–Trinajstić information content (AvgIpc) is 2.45. The van der Waals surface area contributed by atoms with E-state index in [1.54, 1.807) is 0 Å². The van der Waals surface area contributed by atoms with E-state index in [0.717, 1.165) is 0 Å². The molecule has 0 amide bonds. The molecule has 20 heavy (non-hydrogen) atoms. The van der Waals surface area contributed by atoms with E-state index in [2.05, 4.69) is 4.74 Å². The highest BCUT2D eigenvalue weighted by Crippen LogP contribution is 2.33. The third kappa shape index (κ3) is 3.43. The van der Waals surface area contributed by atoms with Crippen LogP contribution in [0.15, 0.2) is 0 Å². The lowest BCUT2D eigenvalue weighted by molar-refractivity contribution is -0.173. The van der Waals surface area contributed by atoms with E-state index in [0.29, 0.717) is 38.5 Å². The molecule has 2 rings (SSSR count). The molecule has 0 aromatic heterocycles. The molecule has 3 unspecified atom stereocenters. The second-order valence-corrected chi connectivity index (χ2v) is 5.49. The Labute approximate surface area is 116 Å². The van der Waals surface area contributed by atoms with Gasteiger partial charge in [-0.3, -0.25) is 19.2 Å². The minimum absolute atomic E-state index is 0.250. The van der Waals surface area contributed by atoms with Gasteiger partial charge in [-0.25, -0.2) is 0 Å². The van der Waals surface area contributed by atoms with Gasteiger partial charge in [0.15, 0.2) is 0 Å². The normalized spacial score (nSPS) is 30.6. The van der Waals surface area contributed by atoms with E-state index in [9.17, 15) is 19.2 Å². The fourth-order valence-electron chi connectivity index (χ4n) is 2.89. The van der Waals surface area contributed by atoms with Crippen LogP contribution in [-0.4, -0.2) is 23.9 Å². The summed E-state index contributed by atoms with van der Waals surface area (Å²) in [5, 5.41) is 0. The number of rotatable bonds is 1. The Kier molecular flexibility index (Phi) is 4.52. The van der Waals surface area contributed by atoms with Crippen molar-refractivity contribution in [2.45, 2.75) is 45.4 Å². The Bertz CT molecular complexity index is 441. The maximum Gasteiger partial charge on any atom is 0.316 e. The molecule has 1 aliphatic heterocycles. The molecule has 0 aromatic rings. The van der Waals surface area contributed by atoms with Crippen LogP contribution >= 0.6 is 0 Å². The first-order valence-corrected chi connectivity index (χ1v) is 6.95. The van der Waals surface area contributed by atoms with E-state index < -0.39 is 23.9 Å². The highest BCUT2D eigenvalue weighted by Gasteiger charge is 2.38.